The summed E-state index contributed by atoms with van der Waals surface area (Å²) < 4.78 is 2.34. The maximum absolute atomic E-state index is 9.28. The molecular weight excluding hydrogens is 312 g/mol. The lowest BCUT2D eigenvalue weighted by atomic mass is 9.87. The predicted molar refractivity (Wildman–Crippen MR) is 98.1 cm³/mol. The highest BCUT2D eigenvalue weighted by atomic mass is 15.2. The summed E-state index contributed by atoms with van der Waals surface area (Å²) in [5, 5.41) is 10.4. The van der Waals surface area contributed by atoms with Crippen LogP contribution >= 0.6 is 0 Å². The van der Waals surface area contributed by atoms with Crippen LogP contribution in [0.15, 0.2) is 24.8 Å². The number of nitriles is 1. The quantitative estimate of drug-likeness (QED) is 0.796. The molecule has 0 radical (unpaired) electrons. The van der Waals surface area contributed by atoms with Gasteiger partial charge in [0.05, 0.1) is 29.5 Å². The molecule has 0 saturated carbocycles. The molecule has 0 amide bonds. The number of piperidine rings is 1. The highest BCUT2D eigenvalue weighted by Crippen LogP contribution is 2.35. The van der Waals surface area contributed by atoms with E-state index in [0.29, 0.717) is 0 Å². The van der Waals surface area contributed by atoms with Gasteiger partial charge in [0.1, 0.15) is 11.2 Å². The van der Waals surface area contributed by atoms with Crippen LogP contribution in [-0.2, 0) is 5.54 Å². The summed E-state index contributed by atoms with van der Waals surface area (Å²) in [4.78, 5) is 14.6. The standard InChI is InChI=1S/C19H24N6/c1-18(2,11-20)12-24-8-5-19(3,6-9-24)25-13-23-15-10-22-17-14(16(15)25)4-7-21-17/h4,7,10,13H,5-6,8-9,12H2,1-3H3,(H,21,22). The second kappa shape index (κ2) is 5.57. The van der Waals surface area contributed by atoms with Crippen LogP contribution in [0.4, 0.5) is 0 Å². The maximum Gasteiger partial charge on any atom is 0.139 e. The van der Waals surface area contributed by atoms with Crippen molar-refractivity contribution in [2.24, 2.45) is 5.41 Å². The van der Waals surface area contributed by atoms with Crippen LogP contribution in [0, 0.1) is 16.7 Å². The number of rotatable bonds is 3. The largest absolute Gasteiger partial charge is 0.346 e. The van der Waals surface area contributed by atoms with Crippen molar-refractivity contribution >= 4 is 22.1 Å². The van der Waals surface area contributed by atoms with E-state index >= 15 is 0 Å². The summed E-state index contributed by atoms with van der Waals surface area (Å²) >= 11 is 0. The summed E-state index contributed by atoms with van der Waals surface area (Å²) in [5.41, 5.74) is 2.76. The predicted octanol–water partition coefficient (Wildman–Crippen LogP) is 3.27. The van der Waals surface area contributed by atoms with Crippen LogP contribution in [0.1, 0.15) is 33.6 Å². The van der Waals surface area contributed by atoms with E-state index in [1.807, 2.05) is 32.6 Å². The monoisotopic (exact) mass is 336 g/mol. The molecule has 0 atom stereocenters. The van der Waals surface area contributed by atoms with Crippen LogP contribution in [0.25, 0.3) is 22.1 Å². The van der Waals surface area contributed by atoms with Crippen molar-refractivity contribution < 1.29 is 0 Å². The number of nitrogens with one attached hydrogen (secondary N) is 1. The molecular formula is C19H24N6. The minimum Gasteiger partial charge on any atom is -0.346 e. The van der Waals surface area contributed by atoms with Gasteiger partial charge >= 0.3 is 0 Å². The lowest BCUT2D eigenvalue weighted by Crippen LogP contribution is -2.46. The average Bonchev–Trinajstić information content (AvgIpc) is 3.22. The minimum absolute atomic E-state index is 0.0353. The molecule has 1 saturated heterocycles. The normalized spacial score (nSPS) is 18.6. The molecule has 1 aliphatic heterocycles. The van der Waals surface area contributed by atoms with Crippen molar-refractivity contribution in [3.63, 3.8) is 0 Å². The number of nitrogens with zero attached hydrogens (tertiary/aromatic N) is 5. The molecule has 4 heterocycles. The molecule has 25 heavy (non-hydrogen) atoms. The van der Waals surface area contributed by atoms with Gasteiger partial charge in [0.2, 0.25) is 0 Å². The Morgan fingerprint density at radius 3 is 2.80 bits per heavy atom. The number of fused-ring (bicyclic) bond motifs is 3. The number of aromatic amines is 1. The molecule has 1 aliphatic rings. The first-order valence-electron chi connectivity index (χ1n) is 8.85. The van der Waals surface area contributed by atoms with E-state index in [1.54, 1.807) is 0 Å². The van der Waals surface area contributed by atoms with Crippen molar-refractivity contribution in [3.8, 4) is 6.07 Å². The van der Waals surface area contributed by atoms with Gasteiger partial charge < -0.3 is 14.5 Å². The molecule has 3 aromatic rings. The third kappa shape index (κ3) is 2.69. The summed E-state index contributed by atoms with van der Waals surface area (Å²) in [5.74, 6) is 0. The highest BCUT2D eigenvalue weighted by Gasteiger charge is 2.34. The van der Waals surface area contributed by atoms with E-state index in [2.05, 4.69) is 43.5 Å². The summed E-state index contributed by atoms with van der Waals surface area (Å²) in [6.45, 7) is 9.18. The van der Waals surface area contributed by atoms with Gasteiger partial charge in [-0.1, -0.05) is 0 Å². The molecule has 130 valence electrons. The van der Waals surface area contributed by atoms with Gasteiger partial charge in [-0.15, -0.1) is 0 Å². The zero-order valence-corrected chi connectivity index (χ0v) is 15.1. The lowest BCUT2D eigenvalue weighted by Gasteiger charge is -2.42. The van der Waals surface area contributed by atoms with Gasteiger partial charge in [-0.05, 0) is 39.7 Å². The molecule has 0 unspecified atom stereocenters. The van der Waals surface area contributed by atoms with Crippen molar-refractivity contribution in [1.29, 1.82) is 5.26 Å². The zero-order chi connectivity index (χ0) is 17.7. The van der Waals surface area contributed by atoms with E-state index in [9.17, 15) is 5.26 Å². The Labute approximate surface area is 147 Å². The van der Waals surface area contributed by atoms with Crippen molar-refractivity contribution in [1.82, 2.24) is 24.4 Å². The van der Waals surface area contributed by atoms with Gasteiger partial charge in [-0.25, -0.2) is 9.97 Å². The number of pyridine rings is 1. The first kappa shape index (κ1) is 16.1. The second-order valence-corrected chi connectivity index (χ2v) is 8.12. The van der Waals surface area contributed by atoms with Gasteiger partial charge in [-0.2, -0.15) is 5.26 Å². The molecule has 6 nitrogen and oxygen atoms in total. The Balaban J connectivity index is 1.64. The SMILES string of the molecule is CC(C)(C#N)CN1CCC(C)(n2cnc3cnc4[nH]ccc4c32)CC1. The Bertz CT molecular complexity index is 949. The molecule has 6 heteroatoms. The third-order valence-electron chi connectivity index (χ3n) is 5.53. The van der Waals surface area contributed by atoms with Crippen molar-refractivity contribution in [3.05, 3.63) is 24.8 Å². The second-order valence-electron chi connectivity index (χ2n) is 8.12. The third-order valence-corrected chi connectivity index (χ3v) is 5.53. The topological polar surface area (TPSA) is 73.5 Å². The number of imidazole rings is 1. The van der Waals surface area contributed by atoms with E-state index in [0.717, 1.165) is 49.0 Å². The fraction of sp³-hybridized carbons (Fsp3) is 0.526. The smallest absolute Gasteiger partial charge is 0.139 e. The number of aromatic nitrogens is 4. The van der Waals surface area contributed by atoms with Crippen molar-refractivity contribution in [2.75, 3.05) is 19.6 Å². The van der Waals surface area contributed by atoms with E-state index in [-0.39, 0.29) is 11.0 Å². The number of H-pyrrole nitrogens is 1. The summed E-state index contributed by atoms with van der Waals surface area (Å²) in [6, 6.07) is 4.49. The number of likely N-dealkylation sites (tertiary alicyclic amines) is 1. The Kier molecular flexibility index (Phi) is 3.58. The van der Waals surface area contributed by atoms with Gasteiger partial charge in [0.25, 0.3) is 0 Å². The Morgan fingerprint density at radius 1 is 1.32 bits per heavy atom. The van der Waals surface area contributed by atoms with E-state index in [4.69, 9.17) is 0 Å². The molecule has 0 aromatic carbocycles. The van der Waals surface area contributed by atoms with E-state index in [1.165, 1.54) is 5.52 Å². The van der Waals surface area contributed by atoms with Crippen molar-refractivity contribution in [2.45, 2.75) is 39.2 Å². The van der Waals surface area contributed by atoms with Crippen LogP contribution in [-0.4, -0.2) is 44.1 Å². The average molecular weight is 336 g/mol. The lowest BCUT2D eigenvalue weighted by molar-refractivity contribution is 0.105. The molecule has 1 fully saturated rings. The maximum atomic E-state index is 9.28. The van der Waals surface area contributed by atoms with Gasteiger partial charge in [0, 0.05) is 36.8 Å². The molecule has 0 bridgehead atoms. The summed E-state index contributed by atoms with van der Waals surface area (Å²) in [7, 11) is 0. The zero-order valence-electron chi connectivity index (χ0n) is 15.1. The molecule has 0 spiro atoms. The first-order valence-corrected chi connectivity index (χ1v) is 8.85. The molecule has 4 rings (SSSR count). The summed E-state index contributed by atoms with van der Waals surface area (Å²) in [6.07, 6.45) is 7.85. The Hall–Kier alpha value is -2.39. The van der Waals surface area contributed by atoms with E-state index < -0.39 is 0 Å². The Morgan fingerprint density at radius 2 is 2.08 bits per heavy atom. The number of hydrogen-bond donors (Lipinski definition) is 1. The molecule has 1 N–H and O–H groups in total. The van der Waals surface area contributed by atoms with Crippen LogP contribution in [0.3, 0.4) is 0 Å². The van der Waals surface area contributed by atoms with Crippen LogP contribution < -0.4 is 0 Å². The first-order chi connectivity index (χ1) is 11.9. The minimum atomic E-state index is -0.293. The van der Waals surface area contributed by atoms with Crippen LogP contribution in [0.2, 0.25) is 0 Å². The molecule has 3 aromatic heterocycles. The molecule has 0 aliphatic carbocycles. The fourth-order valence-corrected chi connectivity index (χ4v) is 3.95. The van der Waals surface area contributed by atoms with Crippen LogP contribution in [0.5, 0.6) is 0 Å². The number of hydrogen-bond acceptors (Lipinski definition) is 4. The van der Waals surface area contributed by atoms with Gasteiger partial charge in [-0.3, -0.25) is 0 Å². The fourth-order valence-electron chi connectivity index (χ4n) is 3.95. The highest BCUT2D eigenvalue weighted by molar-refractivity contribution is 6.01. The van der Waals surface area contributed by atoms with Gasteiger partial charge in [0.15, 0.2) is 0 Å².